The van der Waals surface area contributed by atoms with Crippen molar-refractivity contribution in [3.8, 4) is 23.2 Å². The van der Waals surface area contributed by atoms with Crippen molar-refractivity contribution < 1.29 is 17.9 Å². The number of nitriles is 1. The summed E-state index contributed by atoms with van der Waals surface area (Å²) in [5.74, 6) is 1.02. The molecule has 12 heteroatoms. The molecular weight excluding hydrogens is 545 g/mol. The Labute approximate surface area is 230 Å². The first-order chi connectivity index (χ1) is 19.1. The molecule has 0 aliphatic carbocycles. The van der Waals surface area contributed by atoms with Gasteiger partial charge in [-0.15, -0.1) is 0 Å². The van der Waals surface area contributed by atoms with Gasteiger partial charge in [0.05, 0.1) is 23.5 Å². The van der Waals surface area contributed by atoms with Crippen LogP contribution < -0.4 is 10.3 Å². The quantitative estimate of drug-likeness (QED) is 0.263. The van der Waals surface area contributed by atoms with Crippen molar-refractivity contribution in [1.29, 1.82) is 5.26 Å². The number of alkyl halides is 3. The molecule has 0 bridgehead atoms. The third-order valence-electron chi connectivity index (χ3n) is 6.38. The summed E-state index contributed by atoms with van der Waals surface area (Å²) >= 11 is 6.45. The fourth-order valence-corrected chi connectivity index (χ4v) is 4.62. The predicted molar refractivity (Wildman–Crippen MR) is 142 cm³/mol. The number of hydrogen-bond donors (Lipinski definition) is 0. The van der Waals surface area contributed by atoms with E-state index in [0.717, 1.165) is 27.6 Å². The number of pyridine rings is 3. The van der Waals surface area contributed by atoms with Gasteiger partial charge >= 0.3 is 6.18 Å². The Kier molecular flexibility index (Phi) is 7.04. The van der Waals surface area contributed by atoms with E-state index in [2.05, 4.69) is 21.0 Å². The summed E-state index contributed by atoms with van der Waals surface area (Å²) in [5.41, 5.74) is 0.677. The highest BCUT2D eigenvalue weighted by Gasteiger charge is 2.34. The summed E-state index contributed by atoms with van der Waals surface area (Å²) in [5, 5.41) is 10.4. The van der Waals surface area contributed by atoms with Crippen LogP contribution in [0.1, 0.15) is 28.2 Å². The molecule has 0 radical (unpaired) electrons. The normalized spacial score (nSPS) is 11.5. The Morgan fingerprint density at radius 1 is 1.15 bits per heavy atom. The zero-order valence-electron chi connectivity index (χ0n) is 21.2. The first-order valence-electron chi connectivity index (χ1n) is 11.9. The van der Waals surface area contributed by atoms with Crippen LogP contribution in [0.3, 0.4) is 0 Å². The first kappa shape index (κ1) is 26.9. The maximum atomic E-state index is 13.3. The van der Waals surface area contributed by atoms with E-state index in [1.165, 1.54) is 24.7 Å². The van der Waals surface area contributed by atoms with Crippen molar-refractivity contribution in [2.24, 2.45) is 7.05 Å². The Bertz CT molecular complexity index is 1860. The van der Waals surface area contributed by atoms with Gasteiger partial charge in [0.1, 0.15) is 41.0 Å². The van der Waals surface area contributed by atoms with Gasteiger partial charge in [0.25, 0.3) is 5.56 Å². The highest BCUT2D eigenvalue weighted by atomic mass is 35.5. The highest BCUT2D eigenvalue weighted by molar-refractivity contribution is 6.31. The molecular formula is C28H20ClF3N6O2. The first-order valence-corrected chi connectivity index (χ1v) is 12.3. The molecule has 202 valence electrons. The summed E-state index contributed by atoms with van der Waals surface area (Å²) in [6, 6.07) is 12.8. The van der Waals surface area contributed by atoms with Crippen molar-refractivity contribution in [1.82, 2.24) is 24.1 Å². The van der Waals surface area contributed by atoms with E-state index in [4.69, 9.17) is 16.3 Å². The lowest BCUT2D eigenvalue weighted by atomic mass is 10.1. The summed E-state index contributed by atoms with van der Waals surface area (Å²) in [7, 11) is 1.75. The number of fused-ring (bicyclic) bond motifs is 1. The Morgan fingerprint density at radius 3 is 2.67 bits per heavy atom. The van der Waals surface area contributed by atoms with Crippen LogP contribution in [0.2, 0.25) is 5.02 Å². The second kappa shape index (κ2) is 10.5. The molecule has 0 saturated heterocycles. The molecule has 5 aromatic rings. The molecule has 0 N–H and O–H groups in total. The van der Waals surface area contributed by atoms with Crippen molar-refractivity contribution >= 4 is 22.5 Å². The van der Waals surface area contributed by atoms with Crippen molar-refractivity contribution in [3.63, 3.8) is 0 Å². The van der Waals surface area contributed by atoms with Gasteiger partial charge in [0, 0.05) is 41.6 Å². The number of rotatable bonds is 6. The number of ether oxygens (including phenoxy) is 1. The molecule has 5 rings (SSSR count). The molecule has 0 aliphatic rings. The smallest absolute Gasteiger partial charge is 0.421 e. The molecule has 0 saturated carbocycles. The van der Waals surface area contributed by atoms with E-state index in [-0.39, 0.29) is 23.9 Å². The Balaban J connectivity index is 1.51. The van der Waals surface area contributed by atoms with Gasteiger partial charge in [-0.25, -0.2) is 9.97 Å². The third kappa shape index (κ3) is 5.01. The van der Waals surface area contributed by atoms with Crippen molar-refractivity contribution in [2.75, 3.05) is 0 Å². The number of benzene rings is 1. The van der Waals surface area contributed by atoms with Gasteiger partial charge in [0.15, 0.2) is 0 Å². The average Bonchev–Trinajstić information content (AvgIpc) is 3.28. The zero-order valence-corrected chi connectivity index (χ0v) is 22.0. The summed E-state index contributed by atoms with van der Waals surface area (Å²) in [6.07, 6.45) is -0.605. The molecule has 4 heterocycles. The van der Waals surface area contributed by atoms with Crippen LogP contribution in [0.15, 0.2) is 65.8 Å². The molecule has 40 heavy (non-hydrogen) atoms. The van der Waals surface area contributed by atoms with E-state index >= 15 is 0 Å². The molecule has 0 aliphatic heterocycles. The minimum Gasteiger partial charge on any atom is -0.486 e. The standard InChI is InChI=1S/C28H20ClF3N6O2/c1-16-11-19(26-35-13-17(12-33)37(26)2)18-5-3-7-24(25(18)36-16)40-15-20-22(29)8-9-34-23(20)14-38-10-4-6-21(27(38)39)28(30,31)32/h3-11,13H,14-15H2,1-2H3. The molecule has 0 atom stereocenters. The van der Waals surface area contributed by atoms with Gasteiger partial charge < -0.3 is 13.9 Å². The minimum absolute atomic E-state index is 0.0826. The van der Waals surface area contributed by atoms with Gasteiger partial charge in [-0.1, -0.05) is 23.7 Å². The largest absolute Gasteiger partial charge is 0.486 e. The van der Waals surface area contributed by atoms with E-state index in [0.29, 0.717) is 34.0 Å². The molecule has 0 spiro atoms. The highest BCUT2D eigenvalue weighted by Crippen LogP contribution is 2.34. The van der Waals surface area contributed by atoms with Gasteiger partial charge in [-0.3, -0.25) is 9.78 Å². The van der Waals surface area contributed by atoms with Gasteiger partial charge in [0.2, 0.25) is 0 Å². The lowest BCUT2D eigenvalue weighted by Gasteiger charge is -2.16. The molecule has 1 aromatic carbocycles. The fraction of sp³-hybridized carbons (Fsp3) is 0.179. The van der Waals surface area contributed by atoms with Gasteiger partial charge in [-0.05, 0) is 37.3 Å². The summed E-state index contributed by atoms with van der Waals surface area (Å²) in [6.45, 7) is 1.51. The fourth-order valence-electron chi connectivity index (χ4n) is 4.40. The summed E-state index contributed by atoms with van der Waals surface area (Å²) < 4.78 is 48.5. The van der Waals surface area contributed by atoms with Crippen LogP contribution >= 0.6 is 11.6 Å². The SMILES string of the molecule is Cc1cc(-c2ncc(C#N)n2C)c2cccc(OCc3c(Cl)ccnc3Cn3cccc(C(F)(F)F)c3=O)c2n1. The topological polar surface area (TPSA) is 98.6 Å². The van der Waals surface area contributed by atoms with Crippen molar-refractivity contribution in [3.05, 3.63) is 105 Å². The Morgan fingerprint density at radius 2 is 1.95 bits per heavy atom. The maximum absolute atomic E-state index is 13.3. The maximum Gasteiger partial charge on any atom is 0.421 e. The third-order valence-corrected chi connectivity index (χ3v) is 6.73. The van der Waals surface area contributed by atoms with Crippen LogP contribution in [0.25, 0.3) is 22.3 Å². The molecule has 0 amide bonds. The number of halogens is 4. The van der Waals surface area contributed by atoms with E-state index in [9.17, 15) is 23.2 Å². The molecule has 4 aromatic heterocycles. The van der Waals surface area contributed by atoms with E-state index in [1.807, 2.05) is 19.1 Å². The molecule has 0 unspecified atom stereocenters. The Hall–Kier alpha value is -4.69. The number of para-hydroxylation sites is 1. The molecule has 8 nitrogen and oxygen atoms in total. The zero-order chi connectivity index (χ0) is 28.6. The van der Waals surface area contributed by atoms with Crippen LogP contribution in [-0.2, 0) is 26.4 Å². The average molecular weight is 565 g/mol. The van der Waals surface area contributed by atoms with Gasteiger partial charge in [-0.2, -0.15) is 18.4 Å². The number of nitrogens with zero attached hydrogens (tertiary/aromatic N) is 6. The van der Waals surface area contributed by atoms with Crippen LogP contribution in [-0.4, -0.2) is 24.1 Å². The van der Waals surface area contributed by atoms with Crippen molar-refractivity contribution in [2.45, 2.75) is 26.3 Å². The molecule has 0 fully saturated rings. The van der Waals surface area contributed by atoms with E-state index in [1.54, 1.807) is 23.7 Å². The van der Waals surface area contributed by atoms with Crippen LogP contribution in [0.5, 0.6) is 5.75 Å². The lowest BCUT2D eigenvalue weighted by molar-refractivity contribution is -0.138. The lowest BCUT2D eigenvalue weighted by Crippen LogP contribution is -2.28. The van der Waals surface area contributed by atoms with E-state index < -0.39 is 17.3 Å². The van der Waals surface area contributed by atoms with Crippen LogP contribution in [0.4, 0.5) is 13.2 Å². The second-order valence-corrected chi connectivity index (χ2v) is 9.37. The monoisotopic (exact) mass is 564 g/mol. The number of imidazole rings is 1. The summed E-state index contributed by atoms with van der Waals surface area (Å²) in [4.78, 5) is 25.8. The van der Waals surface area contributed by atoms with Crippen LogP contribution in [0, 0.1) is 18.3 Å². The second-order valence-electron chi connectivity index (χ2n) is 8.96. The predicted octanol–water partition coefficient (Wildman–Crippen LogP) is 5.67. The number of aromatic nitrogens is 5. The number of aryl methyl sites for hydroxylation is 1. The minimum atomic E-state index is -4.78. The number of hydrogen-bond acceptors (Lipinski definition) is 6.